The van der Waals surface area contributed by atoms with E-state index in [1.807, 2.05) is 55.6 Å². The van der Waals surface area contributed by atoms with Gasteiger partial charge in [-0.2, -0.15) is 0 Å². The maximum absolute atomic E-state index is 13.9. The third kappa shape index (κ3) is 6.40. The zero-order valence-electron chi connectivity index (χ0n) is 26.2. The molecule has 9 nitrogen and oxygen atoms in total. The maximum atomic E-state index is 13.9. The first-order valence-electron chi connectivity index (χ1n) is 15.8. The first kappa shape index (κ1) is 30.6. The fourth-order valence-corrected chi connectivity index (χ4v) is 6.84. The van der Waals surface area contributed by atoms with E-state index in [9.17, 15) is 9.59 Å². The van der Waals surface area contributed by atoms with Crippen LogP contribution in [-0.2, 0) is 11.3 Å². The number of carbonyl (C=O) groups is 1. The van der Waals surface area contributed by atoms with Crippen molar-refractivity contribution < 1.29 is 23.7 Å². The number of hydrogen-bond donors (Lipinski definition) is 1. The van der Waals surface area contributed by atoms with Gasteiger partial charge >= 0.3 is 0 Å². The van der Waals surface area contributed by atoms with Gasteiger partial charge in [-0.25, -0.2) is 0 Å². The van der Waals surface area contributed by atoms with E-state index in [-0.39, 0.29) is 23.0 Å². The highest BCUT2D eigenvalue weighted by Crippen LogP contribution is 2.40. The normalized spacial score (nSPS) is 18.9. The molecular weight excluding hydrogens is 570 g/mol. The average molecular weight is 612 g/mol. The number of aromatic nitrogens is 2. The Hall–Kier alpha value is -4.37. The summed E-state index contributed by atoms with van der Waals surface area (Å²) in [7, 11) is 3.21. The largest absolute Gasteiger partial charge is 0.493 e. The quantitative estimate of drug-likeness (QED) is 0.246. The highest BCUT2D eigenvalue weighted by Gasteiger charge is 2.32. The summed E-state index contributed by atoms with van der Waals surface area (Å²) in [5.74, 6) is 1.69. The highest BCUT2D eigenvalue weighted by atomic mass is 16.5. The summed E-state index contributed by atoms with van der Waals surface area (Å²) in [6.45, 7) is 4.16. The first-order valence-corrected chi connectivity index (χ1v) is 15.8. The van der Waals surface area contributed by atoms with Crippen LogP contribution in [0.2, 0.25) is 0 Å². The molecule has 1 aliphatic heterocycles. The van der Waals surface area contributed by atoms with Crippen LogP contribution in [0, 0.1) is 12.8 Å². The molecule has 2 aliphatic rings. The number of primary amides is 1. The van der Waals surface area contributed by atoms with Crippen LogP contribution in [-0.4, -0.2) is 49.0 Å². The van der Waals surface area contributed by atoms with Crippen molar-refractivity contribution in [1.29, 1.82) is 0 Å². The second-order valence-corrected chi connectivity index (χ2v) is 12.2. The Morgan fingerprint density at radius 2 is 1.64 bits per heavy atom. The van der Waals surface area contributed by atoms with E-state index in [0.29, 0.717) is 29.5 Å². The van der Waals surface area contributed by atoms with E-state index in [4.69, 9.17) is 24.7 Å². The lowest BCUT2D eigenvalue weighted by atomic mass is 9.82. The van der Waals surface area contributed by atoms with Crippen LogP contribution in [0.25, 0.3) is 22.0 Å². The third-order valence-electron chi connectivity index (χ3n) is 9.29. The Labute approximate surface area is 263 Å². The number of hydrogen-bond acceptors (Lipinski definition) is 7. The van der Waals surface area contributed by atoms with Gasteiger partial charge in [0.15, 0.2) is 11.5 Å². The summed E-state index contributed by atoms with van der Waals surface area (Å²) in [5.41, 5.74) is 9.74. The molecule has 6 rings (SSSR count). The van der Waals surface area contributed by atoms with Crippen LogP contribution in [0.4, 0.5) is 0 Å². The van der Waals surface area contributed by atoms with Gasteiger partial charge < -0.3 is 29.2 Å². The SMILES string of the molecule is COc1cc2nccc(O[C@H]3CC[C@@H](c4c(C(N)=O)c(=O)c(-c5ccc(C)cc5)cn4CC4CCOCC4)CC3)c2cc1OC. The van der Waals surface area contributed by atoms with Crippen molar-refractivity contribution >= 4 is 16.8 Å². The zero-order valence-corrected chi connectivity index (χ0v) is 26.2. The number of benzene rings is 2. The second kappa shape index (κ2) is 13.3. The van der Waals surface area contributed by atoms with E-state index in [1.165, 1.54) is 0 Å². The molecule has 4 aromatic rings. The first-order chi connectivity index (χ1) is 21.9. The molecule has 2 N–H and O–H groups in total. The van der Waals surface area contributed by atoms with E-state index < -0.39 is 5.91 Å². The molecule has 2 aromatic carbocycles. The number of nitrogens with two attached hydrogens (primary N) is 1. The monoisotopic (exact) mass is 611 g/mol. The molecule has 0 unspecified atom stereocenters. The summed E-state index contributed by atoms with van der Waals surface area (Å²) >= 11 is 0. The zero-order chi connectivity index (χ0) is 31.5. The number of carbonyl (C=O) groups excluding carboxylic acids is 1. The van der Waals surface area contributed by atoms with Crippen molar-refractivity contribution in [2.75, 3.05) is 27.4 Å². The number of pyridine rings is 2. The molecular formula is C36H41N3O6. The molecule has 9 heteroatoms. The maximum Gasteiger partial charge on any atom is 0.254 e. The Kier molecular flexibility index (Phi) is 9.07. The number of aryl methyl sites for hydroxylation is 1. The second-order valence-electron chi connectivity index (χ2n) is 12.2. The lowest BCUT2D eigenvalue weighted by molar-refractivity contribution is 0.0606. The topological polar surface area (TPSA) is 115 Å². The minimum atomic E-state index is -0.671. The van der Waals surface area contributed by atoms with Gasteiger partial charge in [0.25, 0.3) is 5.91 Å². The third-order valence-corrected chi connectivity index (χ3v) is 9.29. The lowest BCUT2D eigenvalue weighted by Crippen LogP contribution is -2.34. The highest BCUT2D eigenvalue weighted by molar-refractivity contribution is 5.95. The van der Waals surface area contributed by atoms with Gasteiger partial charge in [-0.1, -0.05) is 29.8 Å². The van der Waals surface area contributed by atoms with Crippen molar-refractivity contribution in [3.63, 3.8) is 0 Å². The molecule has 1 amide bonds. The summed E-state index contributed by atoms with van der Waals surface area (Å²) in [4.78, 5) is 31.5. The van der Waals surface area contributed by atoms with Crippen LogP contribution in [0.3, 0.4) is 0 Å². The van der Waals surface area contributed by atoms with Crippen molar-refractivity contribution in [2.45, 2.75) is 64.0 Å². The van der Waals surface area contributed by atoms with Crippen molar-refractivity contribution in [3.8, 4) is 28.4 Å². The molecule has 2 aromatic heterocycles. The van der Waals surface area contributed by atoms with Gasteiger partial charge in [0, 0.05) is 60.8 Å². The molecule has 2 fully saturated rings. The average Bonchev–Trinajstić information content (AvgIpc) is 3.06. The van der Waals surface area contributed by atoms with Gasteiger partial charge in [0.2, 0.25) is 5.43 Å². The van der Waals surface area contributed by atoms with Crippen molar-refractivity contribution in [3.05, 3.63) is 81.9 Å². The van der Waals surface area contributed by atoms with Crippen molar-refractivity contribution in [2.24, 2.45) is 11.7 Å². The van der Waals surface area contributed by atoms with Gasteiger partial charge in [0.05, 0.1) is 25.8 Å². The number of methoxy groups -OCH3 is 2. The molecule has 0 atom stereocenters. The van der Waals surface area contributed by atoms with E-state index in [0.717, 1.165) is 85.2 Å². The molecule has 236 valence electrons. The number of amides is 1. The van der Waals surface area contributed by atoms with E-state index >= 15 is 0 Å². The molecule has 0 bridgehead atoms. The molecule has 3 heterocycles. The fraction of sp³-hybridized carbons (Fsp3) is 0.417. The molecule has 1 saturated heterocycles. The smallest absolute Gasteiger partial charge is 0.254 e. The minimum Gasteiger partial charge on any atom is -0.493 e. The number of fused-ring (bicyclic) bond motifs is 1. The van der Waals surface area contributed by atoms with E-state index in [2.05, 4.69) is 9.55 Å². The van der Waals surface area contributed by atoms with Crippen LogP contribution in [0.1, 0.15) is 66.1 Å². The number of nitrogens with zero attached hydrogens (tertiary/aromatic N) is 2. The lowest BCUT2D eigenvalue weighted by Gasteiger charge is -2.33. The Morgan fingerprint density at radius 3 is 2.31 bits per heavy atom. The minimum absolute atomic E-state index is 0.00509. The predicted octanol–water partition coefficient (Wildman–Crippen LogP) is 6.02. The van der Waals surface area contributed by atoms with Gasteiger partial charge in [0.1, 0.15) is 11.3 Å². The summed E-state index contributed by atoms with van der Waals surface area (Å²) in [5, 5.41) is 0.852. The van der Waals surface area contributed by atoms with Crippen LogP contribution in [0.5, 0.6) is 17.2 Å². The Bertz CT molecular complexity index is 1730. The van der Waals surface area contributed by atoms with Crippen LogP contribution in [0.15, 0.2) is 59.7 Å². The van der Waals surface area contributed by atoms with Crippen molar-refractivity contribution in [1.82, 2.24) is 9.55 Å². The molecule has 0 radical (unpaired) electrons. The van der Waals surface area contributed by atoms with Gasteiger partial charge in [-0.05, 0) is 69.1 Å². The van der Waals surface area contributed by atoms with Gasteiger partial charge in [-0.3, -0.25) is 14.6 Å². The predicted molar refractivity (Wildman–Crippen MR) is 173 cm³/mol. The Morgan fingerprint density at radius 1 is 0.956 bits per heavy atom. The number of ether oxygens (including phenoxy) is 4. The molecule has 1 saturated carbocycles. The summed E-state index contributed by atoms with van der Waals surface area (Å²) < 4.78 is 25.3. The molecule has 45 heavy (non-hydrogen) atoms. The Balaban J connectivity index is 1.31. The molecule has 0 spiro atoms. The summed E-state index contributed by atoms with van der Waals surface area (Å²) in [6.07, 6.45) is 8.61. The summed E-state index contributed by atoms with van der Waals surface area (Å²) in [6, 6.07) is 13.5. The van der Waals surface area contributed by atoms with Crippen LogP contribution >= 0.6 is 0 Å². The fourth-order valence-electron chi connectivity index (χ4n) is 6.84. The van der Waals surface area contributed by atoms with Crippen LogP contribution < -0.4 is 25.4 Å². The number of rotatable bonds is 9. The van der Waals surface area contributed by atoms with E-state index in [1.54, 1.807) is 20.4 Å². The van der Waals surface area contributed by atoms with Gasteiger partial charge in [-0.15, -0.1) is 0 Å². The molecule has 1 aliphatic carbocycles. The standard InChI is InChI=1S/C36H41N3O6/c1-22-4-6-24(7-5-22)28-21-39(20-23-13-16-44-17-14-23)34(33(35(28)40)36(37)41)25-8-10-26(11-9-25)45-30-12-15-38-29-19-32(43-3)31(42-2)18-27(29)30/h4-7,12,15,18-19,21,23,25-26H,8-11,13-14,16-17,20H2,1-3H3,(H2,37,41)/t25-,26+.